The van der Waals surface area contributed by atoms with Crippen LogP contribution in [0.2, 0.25) is 0 Å². The van der Waals surface area contributed by atoms with E-state index in [1.807, 2.05) is 31.2 Å². The summed E-state index contributed by atoms with van der Waals surface area (Å²) in [6.45, 7) is 1.98. The Hall–Kier alpha value is -2.37. The molecule has 2 rings (SSSR count). The largest absolute Gasteiger partial charge is 0.441 e. The number of nitrogens with one attached hydrogen (secondary N) is 1. The van der Waals surface area contributed by atoms with Crippen LogP contribution in [0.1, 0.15) is 5.56 Å². The van der Waals surface area contributed by atoms with Crippen molar-refractivity contribution in [3.63, 3.8) is 0 Å². The maximum absolute atomic E-state index is 11.1. The number of rotatable bonds is 2. The van der Waals surface area contributed by atoms with Gasteiger partial charge in [-0.1, -0.05) is 17.7 Å². The lowest BCUT2D eigenvalue weighted by Gasteiger charge is -2.05. The van der Waals surface area contributed by atoms with Crippen LogP contribution in [0.3, 0.4) is 0 Å². The molecule has 0 aliphatic carbocycles. The van der Waals surface area contributed by atoms with Crippen LogP contribution in [0.25, 0.3) is 0 Å². The van der Waals surface area contributed by atoms with E-state index >= 15 is 0 Å². The van der Waals surface area contributed by atoms with Crippen LogP contribution in [0.5, 0.6) is 0 Å². The summed E-state index contributed by atoms with van der Waals surface area (Å²) in [4.78, 5) is 11.1. The van der Waals surface area contributed by atoms with Crippen molar-refractivity contribution in [2.45, 2.75) is 6.92 Å². The van der Waals surface area contributed by atoms with Gasteiger partial charge in [-0.25, -0.2) is 4.79 Å². The molecule has 0 atom stereocenters. The van der Waals surface area contributed by atoms with Gasteiger partial charge in [-0.05, 0) is 19.1 Å². The average molecular weight is 220 g/mol. The average Bonchev–Trinajstić information content (AvgIpc) is 2.48. The molecule has 0 aliphatic heterocycles. The number of benzene rings is 1. The lowest BCUT2D eigenvalue weighted by Crippen LogP contribution is -2.23. The van der Waals surface area contributed by atoms with Crippen molar-refractivity contribution in [2.24, 2.45) is 0 Å². The Balaban J connectivity index is 2.34. The number of anilines is 3. The molecule has 0 spiro atoms. The molecule has 1 aromatic carbocycles. The van der Waals surface area contributed by atoms with Crippen LogP contribution in [0, 0.1) is 6.92 Å². The van der Waals surface area contributed by atoms with Gasteiger partial charge >= 0.3 is 5.76 Å². The molecule has 0 saturated heterocycles. The van der Waals surface area contributed by atoms with E-state index in [-0.39, 0.29) is 11.7 Å². The smallest absolute Gasteiger partial charge is 0.388 e. The van der Waals surface area contributed by atoms with E-state index in [0.717, 1.165) is 15.9 Å². The van der Waals surface area contributed by atoms with E-state index < -0.39 is 5.76 Å². The van der Waals surface area contributed by atoms with Crippen LogP contribution in [-0.2, 0) is 0 Å². The van der Waals surface area contributed by atoms with Gasteiger partial charge in [-0.3, -0.25) is 0 Å². The molecular weight excluding hydrogens is 208 g/mol. The molecule has 0 fully saturated rings. The summed E-state index contributed by atoms with van der Waals surface area (Å²) in [5, 5.41) is 2.91. The third-order valence-electron chi connectivity index (χ3n) is 2.18. The van der Waals surface area contributed by atoms with Gasteiger partial charge in [0.25, 0.3) is 0 Å². The molecular formula is C10H12N4O2. The molecule has 0 unspecified atom stereocenters. The zero-order valence-electron chi connectivity index (χ0n) is 8.73. The highest BCUT2D eigenvalue weighted by molar-refractivity contribution is 5.65. The van der Waals surface area contributed by atoms with Crippen molar-refractivity contribution in [2.75, 3.05) is 16.9 Å². The second-order valence-corrected chi connectivity index (χ2v) is 3.44. The Morgan fingerprint density at radius 2 is 1.94 bits per heavy atom. The van der Waals surface area contributed by atoms with Crippen molar-refractivity contribution in [3.8, 4) is 0 Å². The van der Waals surface area contributed by atoms with E-state index in [1.54, 1.807) is 0 Å². The lowest BCUT2D eigenvalue weighted by molar-refractivity contribution is 0.516. The normalized spacial score (nSPS) is 10.3. The summed E-state index contributed by atoms with van der Waals surface area (Å²) in [7, 11) is 0. The number of nitrogens with two attached hydrogens (primary N) is 2. The summed E-state index contributed by atoms with van der Waals surface area (Å²) in [6, 6.07) is 7.56. The first-order valence-electron chi connectivity index (χ1n) is 4.68. The highest BCUT2D eigenvalue weighted by Gasteiger charge is 2.11. The van der Waals surface area contributed by atoms with Crippen molar-refractivity contribution in [1.82, 2.24) is 4.68 Å². The molecule has 84 valence electrons. The van der Waals surface area contributed by atoms with Gasteiger partial charge in [0.15, 0.2) is 5.82 Å². The van der Waals surface area contributed by atoms with Crippen LogP contribution in [0.15, 0.2) is 33.5 Å². The van der Waals surface area contributed by atoms with Crippen LogP contribution in [-0.4, -0.2) is 4.68 Å². The first-order chi connectivity index (χ1) is 7.58. The fraction of sp³-hybridized carbons (Fsp3) is 0.100. The topological polar surface area (TPSA) is 99.2 Å². The Kier molecular flexibility index (Phi) is 2.32. The van der Waals surface area contributed by atoms with Crippen LogP contribution < -0.4 is 22.6 Å². The monoisotopic (exact) mass is 220 g/mol. The number of aromatic nitrogens is 1. The lowest BCUT2D eigenvalue weighted by atomic mass is 10.2. The molecule has 6 nitrogen and oxygen atoms in total. The zero-order chi connectivity index (χ0) is 11.7. The summed E-state index contributed by atoms with van der Waals surface area (Å²) < 4.78 is 5.47. The second kappa shape index (κ2) is 3.65. The Morgan fingerprint density at radius 1 is 1.31 bits per heavy atom. The number of aryl methyl sites for hydroxylation is 1. The van der Waals surface area contributed by atoms with Gasteiger partial charge in [0.1, 0.15) is 0 Å². The maximum Gasteiger partial charge on any atom is 0.441 e. The minimum atomic E-state index is -0.702. The molecule has 16 heavy (non-hydrogen) atoms. The van der Waals surface area contributed by atoms with E-state index in [9.17, 15) is 4.79 Å². The van der Waals surface area contributed by atoms with Gasteiger partial charge in [-0.15, -0.1) is 0 Å². The van der Waals surface area contributed by atoms with Crippen molar-refractivity contribution in [1.29, 1.82) is 0 Å². The maximum atomic E-state index is 11.1. The minimum Gasteiger partial charge on any atom is -0.388 e. The zero-order valence-corrected chi connectivity index (χ0v) is 8.73. The third kappa shape index (κ3) is 1.72. The first-order valence-corrected chi connectivity index (χ1v) is 4.68. The van der Waals surface area contributed by atoms with E-state index in [1.165, 1.54) is 0 Å². The standard InChI is InChI=1S/C10H12N4O2/c1-6-2-4-7(5-3-6)13-9-8(11)16-10(15)14(9)12/h2-5,13H,11-12H2,1H3. The number of hydrogen-bond donors (Lipinski definition) is 3. The van der Waals surface area contributed by atoms with E-state index in [2.05, 4.69) is 9.73 Å². The van der Waals surface area contributed by atoms with E-state index in [4.69, 9.17) is 11.6 Å². The highest BCUT2D eigenvalue weighted by atomic mass is 16.4. The van der Waals surface area contributed by atoms with Crippen molar-refractivity contribution < 1.29 is 4.42 Å². The third-order valence-corrected chi connectivity index (χ3v) is 2.18. The molecule has 0 bridgehead atoms. The summed E-state index contributed by atoms with van der Waals surface area (Å²) in [5.74, 6) is 4.96. The van der Waals surface area contributed by atoms with Gasteiger partial charge < -0.3 is 21.3 Å². The predicted molar refractivity (Wildman–Crippen MR) is 62.0 cm³/mol. The van der Waals surface area contributed by atoms with Gasteiger partial charge in [0.2, 0.25) is 5.88 Å². The molecule has 2 aromatic rings. The Bertz CT molecular complexity index is 553. The van der Waals surface area contributed by atoms with E-state index in [0.29, 0.717) is 0 Å². The predicted octanol–water partition coefficient (Wildman–Crippen LogP) is 0.789. The fourth-order valence-corrected chi connectivity index (χ4v) is 1.30. The first kappa shape index (κ1) is 10.2. The molecule has 0 aliphatic rings. The quantitative estimate of drug-likeness (QED) is 0.650. The van der Waals surface area contributed by atoms with Gasteiger partial charge in [-0.2, -0.15) is 4.68 Å². The molecule has 1 heterocycles. The Morgan fingerprint density at radius 3 is 2.44 bits per heavy atom. The fourth-order valence-electron chi connectivity index (χ4n) is 1.30. The molecule has 6 heteroatoms. The summed E-state index contributed by atoms with van der Waals surface area (Å²) >= 11 is 0. The number of hydrogen-bond acceptors (Lipinski definition) is 5. The number of oxazole rings is 1. The SMILES string of the molecule is Cc1ccc(Nc2c(N)oc(=O)n2N)cc1. The van der Waals surface area contributed by atoms with Gasteiger partial charge in [0, 0.05) is 5.69 Å². The molecule has 0 amide bonds. The molecule has 5 N–H and O–H groups in total. The summed E-state index contributed by atoms with van der Waals surface area (Å²) in [6.07, 6.45) is 0. The number of nitrogens with zero attached hydrogens (tertiary/aromatic N) is 1. The van der Waals surface area contributed by atoms with Gasteiger partial charge in [0.05, 0.1) is 0 Å². The van der Waals surface area contributed by atoms with Crippen molar-refractivity contribution in [3.05, 3.63) is 40.4 Å². The summed E-state index contributed by atoms with van der Waals surface area (Å²) in [5.41, 5.74) is 7.40. The minimum absolute atomic E-state index is 0.0342. The molecule has 0 saturated carbocycles. The molecule has 1 aromatic heterocycles. The highest BCUT2D eigenvalue weighted by Crippen LogP contribution is 2.20. The van der Waals surface area contributed by atoms with Crippen LogP contribution in [0.4, 0.5) is 17.4 Å². The van der Waals surface area contributed by atoms with Crippen LogP contribution >= 0.6 is 0 Å². The Labute approximate surface area is 91.4 Å². The van der Waals surface area contributed by atoms with Crippen molar-refractivity contribution >= 4 is 17.4 Å². The number of nitrogen functional groups attached to an aromatic ring is 2. The molecule has 0 radical (unpaired) electrons. The second-order valence-electron chi connectivity index (χ2n) is 3.44.